The standard InChI is InChI=1S/C14H14BrClN2O/c1-19-14-7-11(4-5-18-14)9-17-8-10-2-3-13(16)12(15)6-10/h2-7,17H,8-9H2,1H3. The number of ether oxygens (including phenoxy) is 1. The van der Waals surface area contributed by atoms with E-state index in [0.717, 1.165) is 28.1 Å². The minimum Gasteiger partial charge on any atom is -0.481 e. The molecule has 0 aliphatic rings. The number of methoxy groups -OCH3 is 1. The van der Waals surface area contributed by atoms with Crippen LogP contribution in [0.3, 0.4) is 0 Å². The molecule has 1 aromatic carbocycles. The van der Waals surface area contributed by atoms with Gasteiger partial charge in [0.25, 0.3) is 0 Å². The van der Waals surface area contributed by atoms with E-state index in [-0.39, 0.29) is 0 Å². The van der Waals surface area contributed by atoms with Gasteiger partial charge in [0.15, 0.2) is 0 Å². The Morgan fingerprint density at radius 3 is 2.63 bits per heavy atom. The van der Waals surface area contributed by atoms with E-state index in [4.69, 9.17) is 16.3 Å². The van der Waals surface area contributed by atoms with Crippen LogP contribution in [0, 0.1) is 0 Å². The molecule has 100 valence electrons. The van der Waals surface area contributed by atoms with Crippen molar-refractivity contribution >= 4 is 27.5 Å². The molecule has 0 aliphatic heterocycles. The van der Waals surface area contributed by atoms with Gasteiger partial charge in [-0.05, 0) is 45.3 Å². The Kier molecular flexibility index (Phi) is 5.19. The molecule has 19 heavy (non-hydrogen) atoms. The van der Waals surface area contributed by atoms with Crippen molar-refractivity contribution in [3.8, 4) is 5.88 Å². The van der Waals surface area contributed by atoms with Gasteiger partial charge in [-0.1, -0.05) is 17.7 Å². The monoisotopic (exact) mass is 340 g/mol. The first-order chi connectivity index (χ1) is 9.19. The van der Waals surface area contributed by atoms with E-state index in [2.05, 4.69) is 26.2 Å². The van der Waals surface area contributed by atoms with Gasteiger partial charge in [-0.2, -0.15) is 0 Å². The van der Waals surface area contributed by atoms with E-state index in [1.165, 1.54) is 5.56 Å². The zero-order valence-electron chi connectivity index (χ0n) is 10.5. The van der Waals surface area contributed by atoms with Crippen LogP contribution >= 0.6 is 27.5 Å². The molecule has 0 amide bonds. The minimum absolute atomic E-state index is 0.633. The van der Waals surface area contributed by atoms with E-state index >= 15 is 0 Å². The molecule has 1 aromatic heterocycles. The van der Waals surface area contributed by atoms with Crippen LogP contribution in [-0.2, 0) is 13.1 Å². The van der Waals surface area contributed by atoms with Gasteiger partial charge in [0.05, 0.1) is 12.1 Å². The highest BCUT2D eigenvalue weighted by Crippen LogP contribution is 2.23. The average Bonchev–Trinajstić information content (AvgIpc) is 2.43. The molecule has 0 spiro atoms. The van der Waals surface area contributed by atoms with Crippen LogP contribution in [0.5, 0.6) is 5.88 Å². The number of rotatable bonds is 5. The highest BCUT2D eigenvalue weighted by Gasteiger charge is 2.00. The zero-order chi connectivity index (χ0) is 13.7. The van der Waals surface area contributed by atoms with Crippen molar-refractivity contribution in [2.75, 3.05) is 7.11 Å². The molecule has 0 saturated carbocycles. The Morgan fingerprint density at radius 2 is 1.95 bits per heavy atom. The summed E-state index contributed by atoms with van der Waals surface area (Å²) in [5.74, 6) is 0.633. The van der Waals surface area contributed by atoms with Crippen molar-refractivity contribution in [1.29, 1.82) is 0 Å². The van der Waals surface area contributed by atoms with Crippen molar-refractivity contribution in [3.05, 3.63) is 57.2 Å². The van der Waals surface area contributed by atoms with Crippen molar-refractivity contribution in [3.63, 3.8) is 0 Å². The second-order valence-electron chi connectivity index (χ2n) is 4.06. The molecular weight excluding hydrogens is 328 g/mol. The Labute approximate surface area is 126 Å². The molecule has 0 unspecified atom stereocenters. The van der Waals surface area contributed by atoms with E-state index < -0.39 is 0 Å². The first-order valence-corrected chi connectivity index (χ1v) is 6.99. The summed E-state index contributed by atoms with van der Waals surface area (Å²) >= 11 is 9.37. The third-order valence-electron chi connectivity index (χ3n) is 2.65. The summed E-state index contributed by atoms with van der Waals surface area (Å²) < 4.78 is 6.00. The molecule has 0 aliphatic carbocycles. The van der Waals surface area contributed by atoms with Crippen molar-refractivity contribution in [2.24, 2.45) is 0 Å². The largest absolute Gasteiger partial charge is 0.481 e. The molecule has 0 saturated heterocycles. The quantitative estimate of drug-likeness (QED) is 0.898. The highest BCUT2D eigenvalue weighted by atomic mass is 79.9. The maximum absolute atomic E-state index is 5.96. The SMILES string of the molecule is COc1cc(CNCc2ccc(Cl)c(Br)c2)ccn1. The number of pyridine rings is 1. The van der Waals surface area contributed by atoms with Crippen LogP contribution in [-0.4, -0.2) is 12.1 Å². The molecule has 2 aromatic rings. The van der Waals surface area contributed by atoms with Gasteiger partial charge in [-0.3, -0.25) is 0 Å². The maximum atomic E-state index is 5.96. The summed E-state index contributed by atoms with van der Waals surface area (Å²) in [6.45, 7) is 1.54. The summed E-state index contributed by atoms with van der Waals surface area (Å²) in [6, 6.07) is 9.80. The molecule has 5 heteroatoms. The van der Waals surface area contributed by atoms with E-state index in [0.29, 0.717) is 5.88 Å². The van der Waals surface area contributed by atoms with Crippen molar-refractivity contribution in [1.82, 2.24) is 10.3 Å². The predicted molar refractivity (Wildman–Crippen MR) is 80.5 cm³/mol. The van der Waals surface area contributed by atoms with Gasteiger partial charge < -0.3 is 10.1 Å². The van der Waals surface area contributed by atoms with Crippen LogP contribution < -0.4 is 10.1 Å². The molecule has 2 rings (SSSR count). The third kappa shape index (κ3) is 4.20. The molecule has 0 bridgehead atoms. The highest BCUT2D eigenvalue weighted by molar-refractivity contribution is 9.10. The second-order valence-corrected chi connectivity index (χ2v) is 5.32. The maximum Gasteiger partial charge on any atom is 0.213 e. The van der Waals surface area contributed by atoms with Crippen LogP contribution in [0.15, 0.2) is 41.0 Å². The summed E-state index contributed by atoms with van der Waals surface area (Å²) in [4.78, 5) is 4.07. The number of hydrogen-bond acceptors (Lipinski definition) is 3. The molecule has 3 nitrogen and oxygen atoms in total. The minimum atomic E-state index is 0.633. The van der Waals surface area contributed by atoms with Crippen LogP contribution in [0.2, 0.25) is 5.02 Å². The smallest absolute Gasteiger partial charge is 0.213 e. The fraction of sp³-hybridized carbons (Fsp3) is 0.214. The fourth-order valence-corrected chi connectivity index (χ4v) is 2.22. The van der Waals surface area contributed by atoms with Gasteiger partial charge in [-0.25, -0.2) is 4.98 Å². The molecule has 0 atom stereocenters. The van der Waals surface area contributed by atoms with Gasteiger partial charge in [0, 0.05) is 29.8 Å². The van der Waals surface area contributed by atoms with Crippen LogP contribution in [0.25, 0.3) is 0 Å². The van der Waals surface area contributed by atoms with Gasteiger partial charge >= 0.3 is 0 Å². The number of nitrogens with zero attached hydrogens (tertiary/aromatic N) is 1. The number of hydrogen-bond donors (Lipinski definition) is 1. The number of benzene rings is 1. The summed E-state index contributed by atoms with van der Waals surface area (Å²) in [7, 11) is 1.62. The molecule has 0 radical (unpaired) electrons. The van der Waals surface area contributed by atoms with E-state index in [1.54, 1.807) is 13.3 Å². The number of aromatic nitrogens is 1. The Balaban J connectivity index is 1.90. The lowest BCUT2D eigenvalue weighted by Gasteiger charge is -2.07. The number of nitrogens with one attached hydrogen (secondary N) is 1. The summed E-state index contributed by atoms with van der Waals surface area (Å²) in [5.41, 5.74) is 2.32. The third-order valence-corrected chi connectivity index (χ3v) is 3.86. The van der Waals surface area contributed by atoms with Crippen LogP contribution in [0.4, 0.5) is 0 Å². The van der Waals surface area contributed by atoms with Crippen LogP contribution in [0.1, 0.15) is 11.1 Å². The predicted octanol–water partition coefficient (Wildman–Crippen LogP) is 3.80. The first kappa shape index (κ1) is 14.3. The molecule has 0 fully saturated rings. The van der Waals surface area contributed by atoms with E-state index in [9.17, 15) is 0 Å². The molecular formula is C14H14BrClN2O. The Hall–Kier alpha value is -1.10. The summed E-state index contributed by atoms with van der Waals surface area (Å²) in [5, 5.41) is 4.09. The lowest BCUT2D eigenvalue weighted by molar-refractivity contribution is 0.397. The lowest BCUT2D eigenvalue weighted by Crippen LogP contribution is -2.12. The zero-order valence-corrected chi connectivity index (χ0v) is 12.8. The fourth-order valence-electron chi connectivity index (χ4n) is 1.67. The Morgan fingerprint density at radius 1 is 1.21 bits per heavy atom. The lowest BCUT2D eigenvalue weighted by atomic mass is 10.2. The molecule has 1 N–H and O–H groups in total. The Bertz CT molecular complexity index is 563. The second kappa shape index (κ2) is 6.89. The van der Waals surface area contributed by atoms with Gasteiger partial charge in [0.1, 0.15) is 0 Å². The van der Waals surface area contributed by atoms with Crippen molar-refractivity contribution < 1.29 is 4.74 Å². The van der Waals surface area contributed by atoms with Gasteiger partial charge in [0.2, 0.25) is 5.88 Å². The van der Waals surface area contributed by atoms with E-state index in [1.807, 2.05) is 30.3 Å². The first-order valence-electron chi connectivity index (χ1n) is 5.82. The molecule has 1 heterocycles. The number of halogens is 2. The normalized spacial score (nSPS) is 10.5. The van der Waals surface area contributed by atoms with Gasteiger partial charge in [-0.15, -0.1) is 0 Å². The average molecular weight is 342 g/mol. The summed E-state index contributed by atoms with van der Waals surface area (Å²) in [6.07, 6.45) is 1.74. The topological polar surface area (TPSA) is 34.1 Å². The van der Waals surface area contributed by atoms with Crippen molar-refractivity contribution in [2.45, 2.75) is 13.1 Å².